The van der Waals surface area contributed by atoms with E-state index in [0.717, 1.165) is 19.3 Å². The lowest BCUT2D eigenvalue weighted by Gasteiger charge is -2.67. The van der Waals surface area contributed by atoms with Crippen LogP contribution in [0.5, 0.6) is 0 Å². The minimum Gasteiger partial charge on any atom is -0.390 e. The van der Waals surface area contributed by atoms with Crippen LogP contribution < -0.4 is 11.1 Å². The van der Waals surface area contributed by atoms with E-state index in [9.17, 15) is 45.8 Å². The second-order valence-electron chi connectivity index (χ2n) is 8.48. The number of aliphatic hydroxyl groups is 2. The van der Waals surface area contributed by atoms with Gasteiger partial charge in [-0.05, 0) is 38.5 Å². The van der Waals surface area contributed by atoms with Crippen LogP contribution in [0.1, 0.15) is 45.4 Å². The minimum absolute atomic E-state index is 0.0781. The van der Waals surface area contributed by atoms with Gasteiger partial charge in [0.1, 0.15) is 0 Å². The molecule has 6 fully saturated rings. The molecule has 4 bridgehead atoms. The number of carbonyl (C=O) groups is 3. The zero-order chi connectivity index (χ0) is 23.4. The lowest BCUT2D eigenvalue weighted by atomic mass is 9.46. The zero-order valence-electron chi connectivity index (χ0n) is 15.6. The Kier molecular flexibility index (Phi) is 5.72. The summed E-state index contributed by atoms with van der Waals surface area (Å²) in [6, 6.07) is 0. The second kappa shape index (κ2) is 7.05. The molecule has 6 saturated carbocycles. The number of ether oxygens (including phenoxy) is 1. The fourth-order valence-corrected chi connectivity index (χ4v) is 4.18. The summed E-state index contributed by atoms with van der Waals surface area (Å²) in [4.78, 5) is 29.9. The molecule has 0 unspecified atom stereocenters. The van der Waals surface area contributed by atoms with E-state index in [2.05, 4.69) is 4.74 Å². The Morgan fingerprint density at radius 3 is 1.43 bits per heavy atom. The molecule has 0 aromatic rings. The van der Waals surface area contributed by atoms with Gasteiger partial charge in [0.25, 0.3) is 0 Å². The standard InChI is InChI=1S/C7H8F3NO2.C5H9NO.C4H3F3O3/c8-7(9,10)4(12)11-5-1-6(13,2-5)3-5;6-4-1-5(7,2-4)3-4;1-2(8)10-3(9)4(5,6)7/h13H,1-3H2,(H,11,12);7H,1-3,6H2;1H3. The summed E-state index contributed by atoms with van der Waals surface area (Å²) in [6.07, 6.45) is -6.62. The van der Waals surface area contributed by atoms with E-state index in [1.165, 1.54) is 0 Å². The van der Waals surface area contributed by atoms with Crippen molar-refractivity contribution in [3.8, 4) is 0 Å². The maximum Gasteiger partial charge on any atom is 0.491 e. The Bertz CT molecular complexity index is 698. The van der Waals surface area contributed by atoms with Crippen molar-refractivity contribution in [2.24, 2.45) is 5.73 Å². The summed E-state index contributed by atoms with van der Waals surface area (Å²) in [5, 5.41) is 20.2. The maximum absolute atomic E-state index is 11.8. The lowest BCUT2D eigenvalue weighted by Crippen LogP contribution is -2.79. The van der Waals surface area contributed by atoms with Gasteiger partial charge in [-0.25, -0.2) is 4.79 Å². The van der Waals surface area contributed by atoms with Gasteiger partial charge in [0.15, 0.2) is 0 Å². The molecule has 0 atom stereocenters. The molecule has 0 radical (unpaired) electrons. The van der Waals surface area contributed by atoms with Crippen molar-refractivity contribution in [2.45, 2.75) is 80.1 Å². The molecule has 0 aliphatic heterocycles. The number of alkyl halides is 6. The molecule has 30 heavy (non-hydrogen) atoms. The number of hydrogen-bond donors (Lipinski definition) is 4. The van der Waals surface area contributed by atoms with Gasteiger partial charge in [-0.3, -0.25) is 9.59 Å². The molecule has 5 N–H and O–H groups in total. The zero-order valence-corrected chi connectivity index (χ0v) is 15.6. The third-order valence-electron chi connectivity index (χ3n) is 5.15. The smallest absolute Gasteiger partial charge is 0.390 e. The molecule has 6 rings (SSSR count). The van der Waals surface area contributed by atoms with Crippen LogP contribution in [0.2, 0.25) is 0 Å². The Labute approximate surface area is 165 Å². The predicted molar refractivity (Wildman–Crippen MR) is 84.3 cm³/mol. The number of nitrogens with one attached hydrogen (secondary N) is 1. The first-order valence-corrected chi connectivity index (χ1v) is 8.63. The van der Waals surface area contributed by atoms with Crippen molar-refractivity contribution in [3.05, 3.63) is 0 Å². The van der Waals surface area contributed by atoms with E-state index in [4.69, 9.17) is 10.8 Å². The molecule has 0 aromatic carbocycles. The number of amides is 1. The fourth-order valence-electron chi connectivity index (χ4n) is 4.18. The first-order chi connectivity index (χ1) is 13.2. The summed E-state index contributed by atoms with van der Waals surface area (Å²) in [7, 11) is 0. The van der Waals surface area contributed by atoms with Crippen molar-refractivity contribution in [1.82, 2.24) is 5.32 Å². The minimum atomic E-state index is -5.09. The van der Waals surface area contributed by atoms with Crippen molar-refractivity contribution in [3.63, 3.8) is 0 Å². The summed E-state index contributed by atoms with van der Waals surface area (Å²) in [5.74, 6) is -5.67. The molecule has 6 aliphatic carbocycles. The lowest BCUT2D eigenvalue weighted by molar-refractivity contribution is -0.229. The van der Waals surface area contributed by atoms with E-state index in [1.807, 2.05) is 5.32 Å². The van der Waals surface area contributed by atoms with E-state index in [-0.39, 0.29) is 30.4 Å². The summed E-state index contributed by atoms with van der Waals surface area (Å²) in [6.45, 7) is 0.712. The van der Waals surface area contributed by atoms with Crippen LogP contribution in [0, 0.1) is 0 Å². The fraction of sp³-hybridized carbons (Fsp3) is 0.812. The highest BCUT2D eigenvalue weighted by atomic mass is 19.4. The Balaban J connectivity index is 0.000000168. The number of hydrogen-bond acceptors (Lipinski definition) is 7. The topological polar surface area (TPSA) is 139 Å². The average Bonchev–Trinajstić information content (AvgIpc) is 2.40. The van der Waals surface area contributed by atoms with Crippen LogP contribution in [0.25, 0.3) is 0 Å². The van der Waals surface area contributed by atoms with Crippen LogP contribution in [0.4, 0.5) is 26.3 Å². The largest absolute Gasteiger partial charge is 0.491 e. The van der Waals surface area contributed by atoms with E-state index >= 15 is 0 Å². The monoisotopic (exact) mass is 450 g/mol. The van der Waals surface area contributed by atoms with Gasteiger partial charge in [-0.15, -0.1) is 0 Å². The van der Waals surface area contributed by atoms with Crippen molar-refractivity contribution in [1.29, 1.82) is 0 Å². The highest BCUT2D eigenvalue weighted by Crippen LogP contribution is 2.60. The molecular weight excluding hydrogens is 430 g/mol. The molecule has 8 nitrogen and oxygen atoms in total. The number of nitrogens with two attached hydrogens (primary N) is 1. The molecule has 0 aromatic heterocycles. The normalized spacial score (nSPS) is 37.1. The van der Waals surface area contributed by atoms with E-state index < -0.39 is 41.3 Å². The molecular formula is C16H20F6N2O6. The Hall–Kier alpha value is -1.93. The number of halogens is 6. The van der Waals surface area contributed by atoms with Crippen molar-refractivity contribution in [2.75, 3.05) is 0 Å². The first-order valence-electron chi connectivity index (χ1n) is 8.63. The highest BCUT2D eigenvalue weighted by Gasteiger charge is 2.69. The van der Waals surface area contributed by atoms with Crippen LogP contribution in [0.3, 0.4) is 0 Å². The first kappa shape index (κ1) is 24.3. The van der Waals surface area contributed by atoms with Gasteiger partial charge < -0.3 is 26.0 Å². The van der Waals surface area contributed by atoms with Gasteiger partial charge in [0, 0.05) is 18.0 Å². The Morgan fingerprint density at radius 1 is 0.867 bits per heavy atom. The van der Waals surface area contributed by atoms with Crippen molar-refractivity contribution < 1.29 is 55.7 Å². The van der Waals surface area contributed by atoms with Crippen LogP contribution in [-0.4, -0.2) is 62.7 Å². The van der Waals surface area contributed by atoms with Gasteiger partial charge in [-0.2, -0.15) is 26.3 Å². The van der Waals surface area contributed by atoms with E-state index in [1.54, 1.807) is 0 Å². The second-order valence-corrected chi connectivity index (χ2v) is 8.48. The molecule has 172 valence electrons. The predicted octanol–water partition coefficient (Wildman–Crippen LogP) is 0.583. The summed E-state index contributed by atoms with van der Waals surface area (Å²) < 4.78 is 72.1. The van der Waals surface area contributed by atoms with Crippen LogP contribution >= 0.6 is 0 Å². The highest BCUT2D eigenvalue weighted by molar-refractivity contribution is 5.87. The van der Waals surface area contributed by atoms with Crippen molar-refractivity contribution >= 4 is 17.8 Å². The molecule has 0 heterocycles. The van der Waals surface area contributed by atoms with Crippen LogP contribution in [-0.2, 0) is 19.1 Å². The molecule has 6 aliphatic rings. The van der Waals surface area contributed by atoms with Gasteiger partial charge in [-0.1, -0.05) is 0 Å². The van der Waals surface area contributed by atoms with Gasteiger partial charge in [0.2, 0.25) is 0 Å². The molecule has 1 amide bonds. The van der Waals surface area contributed by atoms with E-state index in [0.29, 0.717) is 6.92 Å². The third-order valence-corrected chi connectivity index (χ3v) is 5.15. The SMILES string of the molecule is CC(=O)OC(=O)C(F)(F)F.NC12CC(O)(C1)C2.O=C(NC12CC(O)(C1)C2)C(F)(F)F. The van der Waals surface area contributed by atoms with Gasteiger partial charge >= 0.3 is 30.2 Å². The molecule has 0 saturated heterocycles. The summed E-state index contributed by atoms with van der Waals surface area (Å²) >= 11 is 0. The molecule has 14 heteroatoms. The maximum atomic E-state index is 11.8. The van der Waals surface area contributed by atoms with Crippen LogP contribution in [0.15, 0.2) is 0 Å². The number of esters is 2. The van der Waals surface area contributed by atoms with Gasteiger partial charge in [0.05, 0.1) is 11.2 Å². The Morgan fingerprint density at radius 2 is 1.27 bits per heavy atom. The number of rotatable bonds is 1. The average molecular weight is 450 g/mol. The summed E-state index contributed by atoms with van der Waals surface area (Å²) in [5.41, 5.74) is 3.84. The molecule has 0 spiro atoms. The number of carbonyl (C=O) groups excluding carboxylic acids is 3. The third kappa shape index (κ3) is 5.40. The quantitative estimate of drug-likeness (QED) is 0.260.